The molecule has 0 unspecified atom stereocenters. The summed E-state index contributed by atoms with van der Waals surface area (Å²) in [6, 6.07) is 23.3. The molecule has 3 aromatic carbocycles. The number of aliphatic carboxylic acids is 1. The summed E-state index contributed by atoms with van der Waals surface area (Å²) in [4.78, 5) is 35.8. The number of carboxylic acid groups (broad SMARTS) is 1. The molecule has 0 fully saturated rings. The summed E-state index contributed by atoms with van der Waals surface area (Å²) in [6.45, 7) is -0.564. The van der Waals surface area contributed by atoms with Crippen molar-refractivity contribution in [3.8, 4) is 16.9 Å². The second-order valence-corrected chi connectivity index (χ2v) is 7.76. The van der Waals surface area contributed by atoms with Crippen molar-refractivity contribution in [3.63, 3.8) is 0 Å². The number of hydrogen-bond donors (Lipinski definition) is 3. The van der Waals surface area contributed by atoms with Gasteiger partial charge < -0.3 is 25.2 Å². The lowest BCUT2D eigenvalue weighted by Crippen LogP contribution is -2.48. The Morgan fingerprint density at radius 1 is 0.853 bits per heavy atom. The molecule has 0 spiro atoms. The number of benzene rings is 3. The van der Waals surface area contributed by atoms with Crippen molar-refractivity contribution < 1.29 is 29.0 Å². The Morgan fingerprint density at radius 2 is 1.44 bits per heavy atom. The number of nitrogens with one attached hydrogen (secondary N) is 2. The van der Waals surface area contributed by atoms with Gasteiger partial charge in [-0.25, -0.2) is 9.59 Å². The maximum atomic E-state index is 12.2. The highest BCUT2D eigenvalue weighted by Gasteiger charge is 2.29. The predicted molar refractivity (Wildman–Crippen MR) is 125 cm³/mol. The van der Waals surface area contributed by atoms with E-state index in [1.807, 2.05) is 48.5 Å². The summed E-state index contributed by atoms with van der Waals surface area (Å²) in [5.41, 5.74) is 4.39. The van der Waals surface area contributed by atoms with Gasteiger partial charge in [0.05, 0.1) is 0 Å². The molecule has 0 heterocycles. The van der Waals surface area contributed by atoms with E-state index in [4.69, 9.17) is 9.47 Å². The Morgan fingerprint density at radius 3 is 2.06 bits per heavy atom. The van der Waals surface area contributed by atoms with Gasteiger partial charge in [0.1, 0.15) is 25.5 Å². The number of carbonyl (C=O) groups excluding carboxylic acids is 2. The normalized spacial score (nSPS) is 12.7. The van der Waals surface area contributed by atoms with Crippen molar-refractivity contribution in [2.45, 2.75) is 12.0 Å². The van der Waals surface area contributed by atoms with Crippen molar-refractivity contribution in [1.82, 2.24) is 10.6 Å². The molecule has 0 saturated carbocycles. The summed E-state index contributed by atoms with van der Waals surface area (Å²) < 4.78 is 10.8. The molecule has 8 heteroatoms. The molecule has 1 aliphatic rings. The quantitative estimate of drug-likeness (QED) is 0.452. The van der Waals surface area contributed by atoms with Gasteiger partial charge in [0, 0.05) is 5.92 Å². The number of alkyl carbamates (subject to hydrolysis) is 1. The molecule has 0 bridgehead atoms. The number of ether oxygens (including phenoxy) is 2. The number of carbonyl (C=O) groups is 3. The van der Waals surface area contributed by atoms with Crippen LogP contribution in [-0.2, 0) is 14.3 Å². The first kappa shape index (κ1) is 22.8. The lowest BCUT2D eigenvalue weighted by molar-refractivity contribution is -0.142. The number of para-hydroxylation sites is 1. The maximum Gasteiger partial charge on any atom is 0.407 e. The second-order valence-electron chi connectivity index (χ2n) is 7.76. The van der Waals surface area contributed by atoms with Gasteiger partial charge in [-0.1, -0.05) is 66.7 Å². The van der Waals surface area contributed by atoms with Crippen LogP contribution in [0.3, 0.4) is 0 Å². The van der Waals surface area contributed by atoms with Gasteiger partial charge in [-0.05, 0) is 34.4 Å². The van der Waals surface area contributed by atoms with Crippen LogP contribution in [0.2, 0.25) is 0 Å². The van der Waals surface area contributed by atoms with E-state index in [0.717, 1.165) is 22.3 Å². The molecule has 34 heavy (non-hydrogen) atoms. The summed E-state index contributed by atoms with van der Waals surface area (Å²) in [5, 5.41) is 14.0. The zero-order chi connectivity index (χ0) is 23.9. The van der Waals surface area contributed by atoms with Gasteiger partial charge >= 0.3 is 12.1 Å². The van der Waals surface area contributed by atoms with E-state index in [2.05, 4.69) is 10.6 Å². The van der Waals surface area contributed by atoms with E-state index >= 15 is 0 Å². The van der Waals surface area contributed by atoms with Crippen LogP contribution in [0.4, 0.5) is 4.79 Å². The fourth-order valence-corrected chi connectivity index (χ4v) is 3.92. The summed E-state index contributed by atoms with van der Waals surface area (Å²) in [5.74, 6) is -1.53. The minimum Gasteiger partial charge on any atom is -0.491 e. The lowest BCUT2D eigenvalue weighted by atomic mass is 9.98. The van der Waals surface area contributed by atoms with Crippen LogP contribution < -0.4 is 15.4 Å². The number of fused-ring (bicyclic) bond motifs is 3. The summed E-state index contributed by atoms with van der Waals surface area (Å²) >= 11 is 0. The van der Waals surface area contributed by atoms with E-state index in [1.165, 1.54) is 0 Å². The molecule has 0 radical (unpaired) electrons. The highest BCUT2D eigenvalue weighted by Crippen LogP contribution is 2.44. The van der Waals surface area contributed by atoms with Crippen LogP contribution in [-0.4, -0.2) is 48.9 Å². The third-order valence-electron chi connectivity index (χ3n) is 5.53. The molecular weight excluding hydrogens is 436 g/mol. The van der Waals surface area contributed by atoms with Crippen molar-refractivity contribution in [1.29, 1.82) is 0 Å². The molecule has 2 amide bonds. The average Bonchev–Trinajstić information content (AvgIpc) is 3.18. The van der Waals surface area contributed by atoms with Gasteiger partial charge in [-0.2, -0.15) is 0 Å². The van der Waals surface area contributed by atoms with E-state index in [1.54, 1.807) is 30.3 Å². The van der Waals surface area contributed by atoms with E-state index in [-0.39, 0.29) is 19.1 Å². The molecular formula is C26H24N2O6. The first-order chi connectivity index (χ1) is 16.5. The fraction of sp³-hybridized carbons (Fsp3) is 0.192. The molecule has 3 N–H and O–H groups in total. The molecule has 0 aliphatic heterocycles. The molecule has 1 atom stereocenters. The van der Waals surface area contributed by atoms with Gasteiger partial charge in [-0.15, -0.1) is 0 Å². The molecule has 4 rings (SSSR count). The molecule has 0 aromatic heterocycles. The van der Waals surface area contributed by atoms with Gasteiger partial charge in [-0.3, -0.25) is 4.79 Å². The van der Waals surface area contributed by atoms with Gasteiger partial charge in [0.25, 0.3) is 0 Å². The Kier molecular flexibility index (Phi) is 7.07. The largest absolute Gasteiger partial charge is 0.491 e. The fourth-order valence-electron chi connectivity index (χ4n) is 3.92. The number of amides is 2. The molecule has 8 nitrogen and oxygen atoms in total. The maximum absolute atomic E-state index is 12.2. The van der Waals surface area contributed by atoms with Crippen molar-refractivity contribution in [2.75, 3.05) is 19.8 Å². The minimum atomic E-state index is -1.27. The number of rotatable bonds is 9. The molecule has 1 aliphatic carbocycles. The van der Waals surface area contributed by atoms with Crippen LogP contribution in [0, 0.1) is 0 Å². The Balaban J connectivity index is 1.26. The Bertz CT molecular complexity index is 1140. The minimum absolute atomic E-state index is 0.0986. The molecule has 0 saturated heterocycles. The van der Waals surface area contributed by atoms with Crippen molar-refractivity contribution in [2.24, 2.45) is 0 Å². The zero-order valence-corrected chi connectivity index (χ0v) is 18.3. The smallest absolute Gasteiger partial charge is 0.407 e. The van der Waals surface area contributed by atoms with E-state index in [9.17, 15) is 19.5 Å². The summed E-state index contributed by atoms with van der Waals surface area (Å²) in [7, 11) is 0. The van der Waals surface area contributed by atoms with Crippen LogP contribution >= 0.6 is 0 Å². The van der Waals surface area contributed by atoms with Gasteiger partial charge in [0.2, 0.25) is 5.91 Å². The lowest BCUT2D eigenvalue weighted by Gasteiger charge is -2.16. The second kappa shape index (κ2) is 10.5. The topological polar surface area (TPSA) is 114 Å². The van der Waals surface area contributed by atoms with Crippen molar-refractivity contribution in [3.05, 3.63) is 90.0 Å². The van der Waals surface area contributed by atoms with Crippen LogP contribution in [0.15, 0.2) is 78.9 Å². The first-order valence-corrected chi connectivity index (χ1v) is 10.8. The van der Waals surface area contributed by atoms with Crippen LogP contribution in [0.25, 0.3) is 11.1 Å². The standard InChI is InChI=1S/C26H24N2O6/c29-24(28-23(25(30)31)16-33-17-8-2-1-3-9-17)14-27-26(32)34-15-22-20-12-6-4-10-18(20)19-11-5-7-13-21(19)22/h1-13,22-23H,14-16H2,(H,27,32)(H,28,29)(H,30,31)/t23-/m0/s1. The van der Waals surface area contributed by atoms with E-state index in [0.29, 0.717) is 5.75 Å². The SMILES string of the molecule is O=C(CNC(=O)OCC1c2ccccc2-c2ccccc21)N[C@@H](COc1ccccc1)C(=O)O. The highest BCUT2D eigenvalue weighted by molar-refractivity contribution is 5.86. The number of hydrogen-bond acceptors (Lipinski definition) is 5. The van der Waals surface area contributed by atoms with Crippen LogP contribution in [0.1, 0.15) is 17.0 Å². The third kappa shape index (κ3) is 5.35. The van der Waals surface area contributed by atoms with E-state index < -0.39 is 30.6 Å². The summed E-state index contributed by atoms with van der Waals surface area (Å²) in [6.07, 6.45) is -0.760. The Hall–Kier alpha value is -4.33. The van der Waals surface area contributed by atoms with Crippen LogP contribution in [0.5, 0.6) is 5.75 Å². The highest BCUT2D eigenvalue weighted by atomic mass is 16.5. The van der Waals surface area contributed by atoms with Crippen molar-refractivity contribution >= 4 is 18.0 Å². The monoisotopic (exact) mass is 460 g/mol. The molecule has 174 valence electrons. The number of carboxylic acids is 1. The Labute approximate surface area is 196 Å². The predicted octanol–water partition coefficient (Wildman–Crippen LogP) is 3.17. The first-order valence-electron chi connectivity index (χ1n) is 10.8. The zero-order valence-electron chi connectivity index (χ0n) is 18.3. The van der Waals surface area contributed by atoms with Gasteiger partial charge in [0.15, 0.2) is 6.04 Å². The molecule has 3 aromatic rings. The average molecular weight is 460 g/mol. The third-order valence-corrected chi connectivity index (χ3v) is 5.53.